The van der Waals surface area contributed by atoms with Gasteiger partial charge in [-0.1, -0.05) is 55.5 Å². The van der Waals surface area contributed by atoms with Crippen molar-refractivity contribution in [1.29, 1.82) is 0 Å². The molecule has 106 valence electrons. The molecule has 0 aromatic heterocycles. The van der Waals surface area contributed by atoms with E-state index >= 15 is 0 Å². The third-order valence-electron chi connectivity index (χ3n) is 3.65. The summed E-state index contributed by atoms with van der Waals surface area (Å²) in [6, 6.07) is 17.5. The summed E-state index contributed by atoms with van der Waals surface area (Å²) < 4.78 is 13.4. The average Bonchev–Trinajstić information content (AvgIpc) is 2.49. The van der Waals surface area contributed by atoms with Crippen LogP contribution in [-0.2, 0) is 6.42 Å². The second-order valence-corrected chi connectivity index (χ2v) is 5.19. The molecule has 0 bridgehead atoms. The van der Waals surface area contributed by atoms with Gasteiger partial charge in [0.15, 0.2) is 0 Å². The largest absolute Gasteiger partial charge is 0.316 e. The molecule has 0 heterocycles. The zero-order chi connectivity index (χ0) is 14.2. The van der Waals surface area contributed by atoms with E-state index in [1.165, 1.54) is 11.6 Å². The van der Waals surface area contributed by atoms with Crippen LogP contribution in [0.25, 0.3) is 0 Å². The van der Waals surface area contributed by atoms with Crippen LogP contribution < -0.4 is 5.32 Å². The van der Waals surface area contributed by atoms with Crippen molar-refractivity contribution in [1.82, 2.24) is 5.32 Å². The number of nitrogens with one attached hydrogen (secondary N) is 1. The molecule has 1 unspecified atom stereocenters. The summed E-state index contributed by atoms with van der Waals surface area (Å²) >= 11 is 0. The van der Waals surface area contributed by atoms with Crippen LogP contribution in [0.4, 0.5) is 4.39 Å². The number of rotatable bonds is 7. The quantitative estimate of drug-likeness (QED) is 0.746. The summed E-state index contributed by atoms with van der Waals surface area (Å²) in [6.07, 6.45) is 1.84. The Kier molecular flexibility index (Phi) is 5.75. The first kappa shape index (κ1) is 14.7. The lowest BCUT2D eigenvalue weighted by atomic mass is 9.98. The van der Waals surface area contributed by atoms with E-state index < -0.39 is 0 Å². The predicted octanol–water partition coefficient (Wildman–Crippen LogP) is 4.15. The minimum Gasteiger partial charge on any atom is -0.316 e. The highest BCUT2D eigenvalue weighted by Crippen LogP contribution is 2.17. The standard InChI is InChI=1S/C18H22FN/c1-15(16-7-3-2-4-8-16)11-13-20-14-12-17-9-5-6-10-18(17)19/h2-10,15,20H,11-14H2,1H3. The van der Waals surface area contributed by atoms with Crippen LogP contribution in [0.3, 0.4) is 0 Å². The fraction of sp³-hybridized carbons (Fsp3) is 0.333. The molecule has 0 radical (unpaired) electrons. The van der Waals surface area contributed by atoms with Gasteiger partial charge in [0.25, 0.3) is 0 Å². The summed E-state index contributed by atoms with van der Waals surface area (Å²) in [5, 5.41) is 3.40. The Balaban J connectivity index is 1.66. The van der Waals surface area contributed by atoms with E-state index in [2.05, 4.69) is 36.5 Å². The van der Waals surface area contributed by atoms with E-state index in [1.807, 2.05) is 18.2 Å². The van der Waals surface area contributed by atoms with Gasteiger partial charge in [-0.2, -0.15) is 0 Å². The lowest BCUT2D eigenvalue weighted by Gasteiger charge is -2.12. The van der Waals surface area contributed by atoms with Crippen LogP contribution >= 0.6 is 0 Å². The van der Waals surface area contributed by atoms with Gasteiger partial charge in [0.1, 0.15) is 5.82 Å². The van der Waals surface area contributed by atoms with Gasteiger partial charge in [-0.3, -0.25) is 0 Å². The highest BCUT2D eigenvalue weighted by Gasteiger charge is 2.04. The van der Waals surface area contributed by atoms with E-state index in [0.717, 1.165) is 31.5 Å². The Hall–Kier alpha value is -1.67. The molecule has 0 aliphatic rings. The van der Waals surface area contributed by atoms with Crippen molar-refractivity contribution in [2.24, 2.45) is 0 Å². The van der Waals surface area contributed by atoms with Gasteiger partial charge in [-0.25, -0.2) is 4.39 Å². The number of hydrogen-bond acceptors (Lipinski definition) is 1. The summed E-state index contributed by atoms with van der Waals surface area (Å²) in [5.41, 5.74) is 2.17. The zero-order valence-corrected chi connectivity index (χ0v) is 12.0. The Morgan fingerprint density at radius 1 is 0.950 bits per heavy atom. The Labute approximate surface area is 120 Å². The Morgan fingerprint density at radius 3 is 2.40 bits per heavy atom. The normalized spacial score (nSPS) is 12.3. The van der Waals surface area contributed by atoms with E-state index in [-0.39, 0.29) is 5.82 Å². The number of benzene rings is 2. The molecule has 0 saturated carbocycles. The van der Waals surface area contributed by atoms with Gasteiger partial charge < -0.3 is 5.32 Å². The van der Waals surface area contributed by atoms with Crippen LogP contribution in [0.5, 0.6) is 0 Å². The molecular formula is C18H22FN. The molecule has 0 saturated heterocycles. The Morgan fingerprint density at radius 2 is 1.65 bits per heavy atom. The molecule has 2 aromatic carbocycles. The van der Waals surface area contributed by atoms with Gasteiger partial charge in [-0.05, 0) is 49.0 Å². The summed E-state index contributed by atoms with van der Waals surface area (Å²) in [7, 11) is 0. The van der Waals surface area contributed by atoms with Crippen molar-refractivity contribution in [3.63, 3.8) is 0 Å². The van der Waals surface area contributed by atoms with Gasteiger partial charge >= 0.3 is 0 Å². The molecular weight excluding hydrogens is 249 g/mol. The highest BCUT2D eigenvalue weighted by molar-refractivity contribution is 5.19. The van der Waals surface area contributed by atoms with Crippen molar-refractivity contribution < 1.29 is 4.39 Å². The topological polar surface area (TPSA) is 12.0 Å². The van der Waals surface area contributed by atoms with Crippen LogP contribution in [0.15, 0.2) is 54.6 Å². The minimum absolute atomic E-state index is 0.105. The van der Waals surface area contributed by atoms with E-state index in [4.69, 9.17) is 0 Å². The summed E-state index contributed by atoms with van der Waals surface area (Å²) in [6.45, 7) is 4.03. The molecule has 20 heavy (non-hydrogen) atoms. The molecule has 2 heteroatoms. The van der Waals surface area contributed by atoms with Crippen LogP contribution in [0.2, 0.25) is 0 Å². The van der Waals surface area contributed by atoms with Crippen molar-refractivity contribution in [2.45, 2.75) is 25.7 Å². The maximum atomic E-state index is 13.4. The highest BCUT2D eigenvalue weighted by atomic mass is 19.1. The molecule has 1 nitrogen and oxygen atoms in total. The van der Waals surface area contributed by atoms with Gasteiger partial charge in [0, 0.05) is 0 Å². The molecule has 1 N–H and O–H groups in total. The number of hydrogen-bond donors (Lipinski definition) is 1. The maximum Gasteiger partial charge on any atom is 0.126 e. The molecule has 0 aliphatic carbocycles. The monoisotopic (exact) mass is 271 g/mol. The van der Waals surface area contributed by atoms with Crippen LogP contribution in [0.1, 0.15) is 30.4 Å². The van der Waals surface area contributed by atoms with Crippen LogP contribution in [-0.4, -0.2) is 13.1 Å². The molecule has 2 aromatic rings. The molecule has 0 aliphatic heterocycles. The lowest BCUT2D eigenvalue weighted by molar-refractivity contribution is 0.576. The zero-order valence-electron chi connectivity index (χ0n) is 12.0. The van der Waals surface area contributed by atoms with E-state index in [9.17, 15) is 4.39 Å². The SMILES string of the molecule is CC(CCNCCc1ccccc1F)c1ccccc1. The minimum atomic E-state index is -0.105. The fourth-order valence-electron chi connectivity index (χ4n) is 2.32. The second-order valence-electron chi connectivity index (χ2n) is 5.19. The second kappa shape index (κ2) is 7.81. The maximum absolute atomic E-state index is 13.4. The third-order valence-corrected chi connectivity index (χ3v) is 3.65. The number of halogens is 1. The van der Waals surface area contributed by atoms with Gasteiger partial charge in [0.05, 0.1) is 0 Å². The first-order chi connectivity index (χ1) is 9.77. The van der Waals surface area contributed by atoms with Crippen molar-refractivity contribution >= 4 is 0 Å². The predicted molar refractivity (Wildman–Crippen MR) is 82.4 cm³/mol. The summed E-state index contributed by atoms with van der Waals surface area (Å²) in [5.74, 6) is 0.448. The van der Waals surface area contributed by atoms with Gasteiger partial charge in [-0.15, -0.1) is 0 Å². The molecule has 1 atom stereocenters. The fourth-order valence-corrected chi connectivity index (χ4v) is 2.32. The lowest BCUT2D eigenvalue weighted by Crippen LogP contribution is -2.20. The van der Waals surface area contributed by atoms with Crippen molar-refractivity contribution in [3.8, 4) is 0 Å². The van der Waals surface area contributed by atoms with Gasteiger partial charge in [0.2, 0.25) is 0 Å². The molecule has 0 amide bonds. The molecule has 2 rings (SSSR count). The Bertz CT molecular complexity index is 510. The van der Waals surface area contributed by atoms with E-state index in [1.54, 1.807) is 6.07 Å². The first-order valence-corrected chi connectivity index (χ1v) is 7.26. The van der Waals surface area contributed by atoms with Crippen LogP contribution in [0, 0.1) is 5.82 Å². The molecule has 0 fully saturated rings. The average molecular weight is 271 g/mol. The smallest absolute Gasteiger partial charge is 0.126 e. The first-order valence-electron chi connectivity index (χ1n) is 7.26. The van der Waals surface area contributed by atoms with Crippen molar-refractivity contribution in [2.75, 3.05) is 13.1 Å². The summed E-state index contributed by atoms with van der Waals surface area (Å²) in [4.78, 5) is 0. The van der Waals surface area contributed by atoms with E-state index in [0.29, 0.717) is 5.92 Å². The third kappa shape index (κ3) is 4.46. The van der Waals surface area contributed by atoms with Crippen molar-refractivity contribution in [3.05, 3.63) is 71.5 Å². The molecule has 0 spiro atoms.